The molecule has 1 aromatic rings. The summed E-state index contributed by atoms with van der Waals surface area (Å²) >= 11 is 0. The van der Waals surface area contributed by atoms with Crippen LogP contribution in [0, 0.1) is 29.5 Å². The van der Waals surface area contributed by atoms with Gasteiger partial charge in [-0.3, -0.25) is 4.39 Å². The predicted molar refractivity (Wildman–Crippen MR) is 87.6 cm³/mol. The monoisotopic (exact) mass is 402 g/mol. The van der Waals surface area contributed by atoms with Gasteiger partial charge < -0.3 is 4.74 Å². The molecule has 0 saturated heterocycles. The zero-order valence-corrected chi connectivity index (χ0v) is 19.5. The first-order chi connectivity index (χ1) is 11.2. The second-order valence-corrected chi connectivity index (χ2v) is 6.63. The van der Waals surface area contributed by atoms with Crippen molar-refractivity contribution < 1.29 is 71.7 Å². The fourth-order valence-electron chi connectivity index (χ4n) is 3.99. The van der Waals surface area contributed by atoms with E-state index in [0.717, 1.165) is 43.6 Å². The minimum absolute atomic E-state index is 0. The quantitative estimate of drug-likeness (QED) is 0.558. The van der Waals surface area contributed by atoms with Gasteiger partial charge >= 0.3 is 58.2 Å². The Morgan fingerprint density at radius 2 is 1.83 bits per heavy atom. The molecule has 0 aromatic heterocycles. The van der Waals surface area contributed by atoms with Gasteiger partial charge in [0.1, 0.15) is 0 Å². The summed E-state index contributed by atoms with van der Waals surface area (Å²) in [4.78, 5) is 0. The third-order valence-electron chi connectivity index (χ3n) is 5.31. The number of methoxy groups -OCH3 is 1. The van der Waals surface area contributed by atoms with Gasteiger partial charge in [0.05, 0.1) is 19.2 Å². The molecule has 0 amide bonds. The maximum Gasteiger partial charge on any atom is 1.00 e. The topological polar surface area (TPSA) is 9.23 Å². The predicted octanol–water partition coefficient (Wildman–Crippen LogP) is 2.67. The molecule has 0 radical (unpaired) electrons. The molecule has 1 saturated carbocycles. The van der Waals surface area contributed by atoms with Crippen LogP contribution in [0.3, 0.4) is 0 Å². The van der Waals surface area contributed by atoms with E-state index in [0.29, 0.717) is 11.5 Å². The smallest absolute Gasteiger partial charge is 0.504 e. The summed E-state index contributed by atoms with van der Waals surface area (Å²) in [6.45, 7) is 0. The molecule has 1 unspecified atom stereocenters. The van der Waals surface area contributed by atoms with Gasteiger partial charge in [-0.15, -0.1) is 6.07 Å². The van der Waals surface area contributed by atoms with Gasteiger partial charge in [0, 0.05) is 5.82 Å². The molecule has 0 aliphatic heterocycles. The maximum atomic E-state index is 13.9. The molecule has 1 atom stereocenters. The Hall–Kier alpha value is 0.165. The van der Waals surface area contributed by atoms with Crippen molar-refractivity contribution in [3.05, 3.63) is 53.3 Å². The maximum absolute atomic E-state index is 13.9. The Morgan fingerprint density at radius 1 is 1.12 bits per heavy atom. The fraction of sp³-hybridized carbons (Fsp3) is 0.500. The standard InChI is InChI=1S/C20H23F2O.Rb/c1-23-13-14-5-7-15(8-6-14)16-9-11-17(12-10-16)18-3-2-4-19(21)20(18)22;/h2-3,11,13,15-16H,5-10,12H2,1H3;/q-1;+1. The second-order valence-electron chi connectivity index (χ2n) is 6.63. The summed E-state index contributed by atoms with van der Waals surface area (Å²) in [5, 5.41) is 0. The molecule has 4 heteroatoms. The van der Waals surface area contributed by atoms with Crippen LogP contribution < -0.4 is 58.2 Å². The van der Waals surface area contributed by atoms with Crippen molar-refractivity contribution >= 4 is 5.57 Å². The molecule has 0 N–H and O–H groups in total. The van der Waals surface area contributed by atoms with E-state index in [4.69, 9.17) is 4.74 Å². The Balaban J connectivity index is 0.00000208. The molecule has 0 spiro atoms. The van der Waals surface area contributed by atoms with Gasteiger partial charge in [0.2, 0.25) is 0 Å². The summed E-state index contributed by atoms with van der Waals surface area (Å²) < 4.78 is 32.3. The molecule has 0 bridgehead atoms. The fourth-order valence-corrected chi connectivity index (χ4v) is 3.99. The van der Waals surface area contributed by atoms with E-state index < -0.39 is 11.6 Å². The number of hydrogen-bond donors (Lipinski definition) is 0. The van der Waals surface area contributed by atoms with Crippen LogP contribution >= 0.6 is 0 Å². The van der Waals surface area contributed by atoms with Gasteiger partial charge in [-0.05, 0) is 62.4 Å². The van der Waals surface area contributed by atoms with Crippen molar-refractivity contribution in [1.29, 1.82) is 0 Å². The molecule has 0 heterocycles. The van der Waals surface area contributed by atoms with E-state index in [1.165, 1.54) is 24.5 Å². The van der Waals surface area contributed by atoms with Crippen molar-refractivity contribution in [3.63, 3.8) is 0 Å². The SMILES string of the molecule is COC=C1CCC(C2CC=C(c3cc[c-]c(F)c3F)CC2)CC1.[Rb+]. The van der Waals surface area contributed by atoms with Crippen molar-refractivity contribution in [2.75, 3.05) is 7.11 Å². The molecule has 124 valence electrons. The number of rotatable bonds is 3. The zero-order valence-electron chi connectivity index (χ0n) is 14.6. The minimum Gasteiger partial charge on any atom is -0.504 e. The molecule has 3 rings (SSSR count). The molecule has 1 fully saturated rings. The normalized spacial score (nSPS) is 24.0. The second kappa shape index (κ2) is 9.75. The summed E-state index contributed by atoms with van der Waals surface area (Å²) in [5.41, 5.74) is 2.77. The molecule has 1 aromatic carbocycles. The van der Waals surface area contributed by atoms with Crippen LogP contribution in [0.1, 0.15) is 50.5 Å². The van der Waals surface area contributed by atoms with Gasteiger partial charge in [-0.2, -0.15) is 12.1 Å². The third kappa shape index (κ3) is 4.87. The minimum atomic E-state index is -0.879. The first kappa shape index (κ1) is 20.5. The number of benzene rings is 1. The molecule has 24 heavy (non-hydrogen) atoms. The van der Waals surface area contributed by atoms with Crippen LogP contribution in [0.2, 0.25) is 0 Å². The van der Waals surface area contributed by atoms with Crippen LogP contribution in [0.5, 0.6) is 0 Å². The first-order valence-corrected chi connectivity index (χ1v) is 8.45. The van der Waals surface area contributed by atoms with Crippen LogP contribution in [-0.4, -0.2) is 7.11 Å². The largest absolute Gasteiger partial charge is 1.00 e. The van der Waals surface area contributed by atoms with E-state index in [-0.39, 0.29) is 58.2 Å². The molecule has 2 aliphatic carbocycles. The van der Waals surface area contributed by atoms with Crippen molar-refractivity contribution in [1.82, 2.24) is 0 Å². The van der Waals surface area contributed by atoms with Crippen molar-refractivity contribution in [3.8, 4) is 0 Å². The Morgan fingerprint density at radius 3 is 2.46 bits per heavy atom. The van der Waals surface area contributed by atoms with E-state index in [1.54, 1.807) is 13.2 Å². The van der Waals surface area contributed by atoms with Gasteiger partial charge in [-0.25, -0.2) is 4.39 Å². The zero-order chi connectivity index (χ0) is 16.2. The summed E-state index contributed by atoms with van der Waals surface area (Å²) in [6.07, 6.45) is 11.6. The Kier molecular flexibility index (Phi) is 8.32. The van der Waals surface area contributed by atoms with Gasteiger partial charge in [0.15, 0.2) is 0 Å². The first-order valence-electron chi connectivity index (χ1n) is 8.45. The van der Waals surface area contributed by atoms with E-state index >= 15 is 0 Å². The van der Waals surface area contributed by atoms with Crippen LogP contribution in [0.25, 0.3) is 5.57 Å². The Bertz CT molecular complexity index is 614. The third-order valence-corrected chi connectivity index (χ3v) is 5.31. The van der Waals surface area contributed by atoms with Crippen molar-refractivity contribution in [2.24, 2.45) is 11.8 Å². The van der Waals surface area contributed by atoms with Crippen LogP contribution in [-0.2, 0) is 4.74 Å². The Labute approximate surface area is 192 Å². The van der Waals surface area contributed by atoms with E-state index in [1.807, 2.05) is 6.26 Å². The average Bonchev–Trinajstić information content (AvgIpc) is 2.59. The number of hydrogen-bond acceptors (Lipinski definition) is 1. The summed E-state index contributed by atoms with van der Waals surface area (Å²) in [6, 6.07) is 5.37. The van der Waals surface area contributed by atoms with Crippen molar-refractivity contribution in [2.45, 2.75) is 44.9 Å². The number of halogens is 2. The average molecular weight is 403 g/mol. The van der Waals surface area contributed by atoms with Crippen LogP contribution in [0.15, 0.2) is 30.0 Å². The molecule has 1 nitrogen and oxygen atoms in total. The van der Waals surface area contributed by atoms with Gasteiger partial charge in [0.25, 0.3) is 0 Å². The molecular weight excluding hydrogens is 380 g/mol. The van der Waals surface area contributed by atoms with Crippen LogP contribution in [0.4, 0.5) is 8.78 Å². The molecule has 2 aliphatic rings. The summed E-state index contributed by atoms with van der Waals surface area (Å²) in [7, 11) is 1.70. The number of allylic oxidation sites excluding steroid dienone is 3. The van der Waals surface area contributed by atoms with E-state index in [9.17, 15) is 8.78 Å². The van der Waals surface area contributed by atoms with E-state index in [2.05, 4.69) is 12.1 Å². The molecular formula is C20H23F2ORb. The van der Waals surface area contributed by atoms with Gasteiger partial charge in [-0.1, -0.05) is 17.2 Å². The number of ether oxygens (including phenoxy) is 1. The summed E-state index contributed by atoms with van der Waals surface area (Å²) in [5.74, 6) is -0.224.